The largest absolute Gasteiger partial charge is 0.481 e. The fourth-order valence-electron chi connectivity index (χ4n) is 2.70. The van der Waals surface area contributed by atoms with Gasteiger partial charge in [0.25, 0.3) is 5.91 Å². The van der Waals surface area contributed by atoms with E-state index in [1.54, 1.807) is 38.1 Å². The van der Waals surface area contributed by atoms with Crippen LogP contribution in [-0.2, 0) is 19.1 Å². The SMILES string of the molecule is CCC(C)OC(=O)CC1C(=O)NCCN1C(=O)C(C)Oc1ccc(Cl)cc1. The van der Waals surface area contributed by atoms with Gasteiger partial charge in [0.15, 0.2) is 6.10 Å². The summed E-state index contributed by atoms with van der Waals surface area (Å²) in [5, 5.41) is 3.25. The number of nitrogens with one attached hydrogen (secondary N) is 1. The first-order valence-corrected chi connectivity index (χ1v) is 9.39. The highest BCUT2D eigenvalue weighted by molar-refractivity contribution is 6.30. The average molecular weight is 397 g/mol. The van der Waals surface area contributed by atoms with Gasteiger partial charge in [-0.1, -0.05) is 18.5 Å². The van der Waals surface area contributed by atoms with E-state index in [0.717, 1.165) is 0 Å². The van der Waals surface area contributed by atoms with Crippen molar-refractivity contribution in [3.8, 4) is 5.75 Å². The molecule has 1 N–H and O–H groups in total. The Morgan fingerprint density at radius 2 is 1.96 bits per heavy atom. The van der Waals surface area contributed by atoms with Crippen molar-refractivity contribution >= 4 is 29.4 Å². The van der Waals surface area contributed by atoms with Crippen molar-refractivity contribution in [2.45, 2.75) is 51.9 Å². The number of benzene rings is 1. The zero-order valence-electron chi connectivity index (χ0n) is 15.7. The first-order valence-electron chi connectivity index (χ1n) is 9.01. The van der Waals surface area contributed by atoms with Crippen LogP contribution in [0.25, 0.3) is 0 Å². The maximum atomic E-state index is 12.8. The van der Waals surface area contributed by atoms with Crippen molar-refractivity contribution in [1.82, 2.24) is 10.2 Å². The molecule has 1 aromatic rings. The van der Waals surface area contributed by atoms with E-state index < -0.39 is 18.1 Å². The normalized spacial score (nSPS) is 19.0. The average Bonchev–Trinajstić information content (AvgIpc) is 2.64. The summed E-state index contributed by atoms with van der Waals surface area (Å²) >= 11 is 5.84. The van der Waals surface area contributed by atoms with Crippen LogP contribution in [-0.4, -0.2) is 54.0 Å². The van der Waals surface area contributed by atoms with E-state index in [9.17, 15) is 14.4 Å². The number of hydrogen-bond acceptors (Lipinski definition) is 5. The van der Waals surface area contributed by atoms with Gasteiger partial charge in [-0.3, -0.25) is 14.4 Å². The first kappa shape index (κ1) is 21.0. The third-order valence-corrected chi connectivity index (χ3v) is 4.61. The molecule has 0 aromatic heterocycles. The van der Waals surface area contributed by atoms with Crippen molar-refractivity contribution in [3.05, 3.63) is 29.3 Å². The molecule has 27 heavy (non-hydrogen) atoms. The topological polar surface area (TPSA) is 84.9 Å². The molecule has 1 heterocycles. The fourth-order valence-corrected chi connectivity index (χ4v) is 2.82. The molecule has 0 bridgehead atoms. The summed E-state index contributed by atoms with van der Waals surface area (Å²) in [6, 6.07) is 5.75. The summed E-state index contributed by atoms with van der Waals surface area (Å²) in [4.78, 5) is 38.6. The highest BCUT2D eigenvalue weighted by atomic mass is 35.5. The molecule has 148 valence electrons. The molecule has 0 aliphatic carbocycles. The lowest BCUT2D eigenvalue weighted by atomic mass is 10.1. The molecule has 0 radical (unpaired) electrons. The molecular weight excluding hydrogens is 372 g/mol. The second-order valence-corrected chi connectivity index (χ2v) is 6.90. The Kier molecular flexibility index (Phi) is 7.47. The number of rotatable bonds is 7. The Bertz CT molecular complexity index is 679. The van der Waals surface area contributed by atoms with Crippen LogP contribution in [0.2, 0.25) is 5.02 Å². The molecular formula is C19H25ClN2O5. The Morgan fingerprint density at radius 1 is 1.30 bits per heavy atom. The number of nitrogens with zero attached hydrogens (tertiary/aromatic N) is 1. The van der Waals surface area contributed by atoms with Crippen LogP contribution in [0, 0.1) is 0 Å². The van der Waals surface area contributed by atoms with E-state index in [-0.39, 0.29) is 24.3 Å². The number of carbonyl (C=O) groups is 3. The quantitative estimate of drug-likeness (QED) is 0.714. The zero-order valence-corrected chi connectivity index (χ0v) is 16.5. The standard InChI is InChI=1S/C19H25ClN2O5/c1-4-12(2)26-17(23)11-16-18(24)21-9-10-22(16)19(25)13(3)27-15-7-5-14(20)6-8-15/h5-8,12-13,16H,4,9-11H2,1-3H3,(H,21,24). The lowest BCUT2D eigenvalue weighted by molar-refractivity contribution is -0.156. The zero-order chi connectivity index (χ0) is 20.0. The van der Waals surface area contributed by atoms with Gasteiger partial charge in [-0.2, -0.15) is 0 Å². The molecule has 7 nitrogen and oxygen atoms in total. The minimum atomic E-state index is -0.904. The predicted molar refractivity (Wildman–Crippen MR) is 101 cm³/mol. The summed E-state index contributed by atoms with van der Waals surface area (Å²) in [5.41, 5.74) is 0. The van der Waals surface area contributed by atoms with E-state index in [2.05, 4.69) is 5.32 Å². The second-order valence-electron chi connectivity index (χ2n) is 6.47. The number of hydrogen-bond donors (Lipinski definition) is 1. The smallest absolute Gasteiger partial charge is 0.308 e. The van der Waals surface area contributed by atoms with Crippen molar-refractivity contribution in [2.75, 3.05) is 13.1 Å². The molecule has 0 saturated carbocycles. The molecule has 1 saturated heterocycles. The van der Waals surface area contributed by atoms with Gasteiger partial charge in [-0.05, 0) is 44.5 Å². The van der Waals surface area contributed by atoms with Gasteiger partial charge >= 0.3 is 5.97 Å². The maximum absolute atomic E-state index is 12.8. The summed E-state index contributed by atoms with van der Waals surface area (Å²) in [6.45, 7) is 5.92. The monoisotopic (exact) mass is 396 g/mol. The predicted octanol–water partition coefficient (Wildman–Crippen LogP) is 2.17. The van der Waals surface area contributed by atoms with Gasteiger partial charge in [-0.25, -0.2) is 0 Å². The van der Waals surface area contributed by atoms with E-state index in [1.165, 1.54) is 4.90 Å². The van der Waals surface area contributed by atoms with Crippen molar-refractivity contribution in [1.29, 1.82) is 0 Å². The molecule has 2 amide bonds. The Labute approximate surface area is 163 Å². The summed E-state index contributed by atoms with van der Waals surface area (Å²) in [6.07, 6.45) is -0.557. The van der Waals surface area contributed by atoms with Gasteiger partial charge < -0.3 is 19.7 Å². The number of esters is 1. The number of carbonyl (C=O) groups excluding carboxylic acids is 3. The van der Waals surface area contributed by atoms with E-state index >= 15 is 0 Å². The lowest BCUT2D eigenvalue weighted by Crippen LogP contribution is -2.60. The maximum Gasteiger partial charge on any atom is 0.308 e. The molecule has 3 atom stereocenters. The lowest BCUT2D eigenvalue weighted by Gasteiger charge is -2.36. The van der Waals surface area contributed by atoms with Gasteiger partial charge in [0, 0.05) is 18.1 Å². The molecule has 0 spiro atoms. The Balaban J connectivity index is 2.05. The van der Waals surface area contributed by atoms with E-state index in [0.29, 0.717) is 30.3 Å². The fraction of sp³-hybridized carbons (Fsp3) is 0.526. The van der Waals surface area contributed by atoms with Gasteiger partial charge in [0.1, 0.15) is 11.8 Å². The molecule has 1 aromatic carbocycles. The molecule has 1 aliphatic heterocycles. The van der Waals surface area contributed by atoms with E-state index in [1.807, 2.05) is 6.92 Å². The number of ether oxygens (including phenoxy) is 2. The minimum absolute atomic E-state index is 0.185. The van der Waals surface area contributed by atoms with Crippen LogP contribution >= 0.6 is 11.6 Å². The van der Waals surface area contributed by atoms with Crippen LogP contribution in [0.3, 0.4) is 0 Å². The third kappa shape index (κ3) is 5.85. The highest BCUT2D eigenvalue weighted by Gasteiger charge is 2.37. The Morgan fingerprint density at radius 3 is 2.59 bits per heavy atom. The van der Waals surface area contributed by atoms with Gasteiger partial charge in [0.2, 0.25) is 5.91 Å². The van der Waals surface area contributed by atoms with E-state index in [4.69, 9.17) is 21.1 Å². The minimum Gasteiger partial charge on any atom is -0.481 e. The first-order chi connectivity index (χ1) is 12.8. The van der Waals surface area contributed by atoms with Crippen LogP contribution in [0.15, 0.2) is 24.3 Å². The number of amides is 2. The molecule has 2 rings (SSSR count). The second kappa shape index (κ2) is 9.60. The number of piperazine rings is 1. The van der Waals surface area contributed by atoms with Crippen LogP contribution in [0.1, 0.15) is 33.6 Å². The highest BCUT2D eigenvalue weighted by Crippen LogP contribution is 2.19. The van der Waals surface area contributed by atoms with Crippen molar-refractivity contribution < 1.29 is 23.9 Å². The summed E-state index contributed by atoms with van der Waals surface area (Å²) in [5.74, 6) is -0.736. The van der Waals surface area contributed by atoms with Crippen LogP contribution in [0.4, 0.5) is 0 Å². The molecule has 1 aliphatic rings. The molecule has 1 fully saturated rings. The molecule has 8 heteroatoms. The van der Waals surface area contributed by atoms with Gasteiger partial charge in [0.05, 0.1) is 12.5 Å². The van der Waals surface area contributed by atoms with Gasteiger partial charge in [-0.15, -0.1) is 0 Å². The van der Waals surface area contributed by atoms with Crippen molar-refractivity contribution in [2.24, 2.45) is 0 Å². The summed E-state index contributed by atoms with van der Waals surface area (Å²) in [7, 11) is 0. The van der Waals surface area contributed by atoms with Crippen LogP contribution in [0.5, 0.6) is 5.75 Å². The number of halogens is 1. The van der Waals surface area contributed by atoms with Crippen molar-refractivity contribution in [3.63, 3.8) is 0 Å². The molecule has 3 unspecified atom stereocenters. The summed E-state index contributed by atoms with van der Waals surface area (Å²) < 4.78 is 10.9. The van der Waals surface area contributed by atoms with Crippen LogP contribution < -0.4 is 10.1 Å². The Hall–Kier alpha value is -2.28. The third-order valence-electron chi connectivity index (χ3n) is 4.36.